The van der Waals surface area contributed by atoms with Crippen LogP contribution in [0.5, 0.6) is 0 Å². The number of hydrogen-bond acceptors (Lipinski definition) is 7. The van der Waals surface area contributed by atoms with Gasteiger partial charge in [0, 0.05) is 24.8 Å². The van der Waals surface area contributed by atoms with Gasteiger partial charge in [0.1, 0.15) is 11.0 Å². The third kappa shape index (κ3) is 4.07. The lowest BCUT2D eigenvalue weighted by molar-refractivity contribution is -0.124. The van der Waals surface area contributed by atoms with Crippen LogP contribution >= 0.6 is 0 Å². The van der Waals surface area contributed by atoms with Crippen molar-refractivity contribution in [2.24, 2.45) is 0 Å². The van der Waals surface area contributed by atoms with Gasteiger partial charge >= 0.3 is 0 Å². The quantitative estimate of drug-likeness (QED) is 0.551. The average molecular weight is 472 g/mol. The van der Waals surface area contributed by atoms with E-state index in [1.807, 2.05) is 31.2 Å². The van der Waals surface area contributed by atoms with E-state index in [1.54, 1.807) is 11.0 Å². The Balaban J connectivity index is 1.37. The van der Waals surface area contributed by atoms with Gasteiger partial charge in [-0.05, 0) is 54.8 Å². The van der Waals surface area contributed by atoms with Crippen LogP contribution in [-0.2, 0) is 26.0 Å². The molecule has 1 amide bonds. The second-order valence-electron chi connectivity index (χ2n) is 8.18. The summed E-state index contributed by atoms with van der Waals surface area (Å²) in [6, 6.07) is 12.5. The molecule has 0 aliphatic carbocycles. The molecule has 0 saturated carbocycles. The van der Waals surface area contributed by atoms with Crippen LogP contribution in [-0.4, -0.2) is 72.7 Å². The summed E-state index contributed by atoms with van der Waals surface area (Å²) in [4.78, 5) is 21.7. The lowest BCUT2D eigenvalue weighted by Crippen LogP contribution is -2.45. The number of amides is 1. The Labute approximate surface area is 191 Å². The van der Waals surface area contributed by atoms with Crippen LogP contribution in [0.1, 0.15) is 18.9 Å². The molecule has 1 fully saturated rings. The average Bonchev–Trinajstić information content (AvgIpc) is 3.25. The molecule has 3 aromatic rings. The van der Waals surface area contributed by atoms with E-state index in [9.17, 15) is 13.2 Å². The van der Waals surface area contributed by atoms with Crippen molar-refractivity contribution in [3.63, 3.8) is 0 Å². The molecule has 10 nitrogen and oxygen atoms in total. The maximum Gasteiger partial charge on any atom is 0.268 e. The van der Waals surface area contributed by atoms with E-state index in [2.05, 4.69) is 10.3 Å². The van der Waals surface area contributed by atoms with Gasteiger partial charge in [-0.1, -0.05) is 23.0 Å². The Morgan fingerprint density at radius 2 is 1.97 bits per heavy atom. The number of ether oxygens (including phenoxy) is 1. The molecule has 0 radical (unpaired) electrons. The Morgan fingerprint density at radius 1 is 1.18 bits per heavy atom. The Morgan fingerprint density at radius 3 is 2.79 bits per heavy atom. The summed E-state index contributed by atoms with van der Waals surface area (Å²) in [5.74, 6) is -0.199. The fraction of sp³-hybridized carbons (Fsp3) is 0.409. The predicted molar refractivity (Wildman–Crippen MR) is 120 cm³/mol. The fourth-order valence-corrected chi connectivity index (χ4v) is 5.75. The van der Waals surface area contributed by atoms with E-state index in [-0.39, 0.29) is 23.5 Å². The number of carbonyl (C=O) groups excluding carboxylic acids is 1. The predicted octanol–water partition coefficient (Wildman–Crippen LogP) is 1.25. The van der Waals surface area contributed by atoms with Crippen LogP contribution in [0.15, 0.2) is 47.4 Å². The second-order valence-corrected chi connectivity index (χ2v) is 10.1. The molecular formula is C22H25N5O5S. The molecule has 2 aliphatic rings. The molecule has 1 unspecified atom stereocenters. The normalized spacial score (nSPS) is 19.4. The standard InChI is InChI=1S/C22H25N5O5S/c1-16-6-7-17-4-2-3-5-20(17)26(16)22(28)15-32-27-21-14-18(8-9-19(21)23-24-27)33(29,30)25-10-12-31-13-11-25/h2-5,8-9,14,16H,6-7,10-13,15H2,1H3. The summed E-state index contributed by atoms with van der Waals surface area (Å²) >= 11 is 0. The van der Waals surface area contributed by atoms with Crippen LogP contribution in [0.2, 0.25) is 0 Å². The number of fused-ring (bicyclic) bond motifs is 2. The SMILES string of the molecule is CC1CCc2ccccc2N1C(=O)COn1nnc2ccc(S(=O)(=O)N3CCOCC3)cc21. The number of benzene rings is 2. The number of anilines is 1. The van der Waals surface area contributed by atoms with Gasteiger partial charge in [0.05, 0.1) is 18.1 Å². The highest BCUT2D eigenvalue weighted by atomic mass is 32.2. The minimum absolute atomic E-state index is 0.0498. The Bertz CT molecular complexity index is 1290. The third-order valence-electron chi connectivity index (χ3n) is 6.10. The van der Waals surface area contributed by atoms with Gasteiger partial charge in [0.15, 0.2) is 6.61 Å². The number of carbonyl (C=O) groups is 1. The minimum Gasteiger partial charge on any atom is -0.385 e. The Hall–Kier alpha value is -3.02. The van der Waals surface area contributed by atoms with Crippen molar-refractivity contribution < 1.29 is 22.8 Å². The molecule has 2 aliphatic heterocycles. The Kier molecular flexibility index (Phi) is 5.77. The zero-order valence-electron chi connectivity index (χ0n) is 18.3. The number of morpholine rings is 1. The number of aryl methyl sites for hydroxylation is 1. The molecule has 11 heteroatoms. The number of hydrogen-bond donors (Lipinski definition) is 0. The van der Waals surface area contributed by atoms with E-state index in [1.165, 1.54) is 16.4 Å². The van der Waals surface area contributed by atoms with Crippen LogP contribution in [0.3, 0.4) is 0 Å². The number of sulfonamides is 1. The highest BCUT2D eigenvalue weighted by molar-refractivity contribution is 7.89. The van der Waals surface area contributed by atoms with Crippen molar-refractivity contribution in [1.29, 1.82) is 0 Å². The molecule has 0 N–H and O–H groups in total. The maximum absolute atomic E-state index is 13.1. The van der Waals surface area contributed by atoms with Crippen molar-refractivity contribution in [1.82, 2.24) is 19.5 Å². The maximum atomic E-state index is 13.1. The number of para-hydroxylation sites is 1. The largest absolute Gasteiger partial charge is 0.385 e. The first kappa shape index (κ1) is 21.8. The van der Waals surface area contributed by atoms with E-state index in [4.69, 9.17) is 9.57 Å². The smallest absolute Gasteiger partial charge is 0.268 e. The summed E-state index contributed by atoms with van der Waals surface area (Å²) in [5.41, 5.74) is 2.88. The number of aromatic nitrogens is 3. The zero-order valence-corrected chi connectivity index (χ0v) is 19.1. The molecule has 33 heavy (non-hydrogen) atoms. The first-order valence-electron chi connectivity index (χ1n) is 10.9. The molecule has 1 saturated heterocycles. The van der Waals surface area contributed by atoms with Gasteiger partial charge in [0.25, 0.3) is 5.91 Å². The van der Waals surface area contributed by atoms with Gasteiger partial charge in [-0.15, -0.1) is 5.10 Å². The summed E-state index contributed by atoms with van der Waals surface area (Å²) in [6.07, 6.45) is 1.80. The fourth-order valence-electron chi connectivity index (χ4n) is 4.32. The van der Waals surface area contributed by atoms with Crippen LogP contribution in [0.25, 0.3) is 11.0 Å². The summed E-state index contributed by atoms with van der Waals surface area (Å²) in [7, 11) is -3.68. The lowest BCUT2D eigenvalue weighted by Gasteiger charge is -2.35. The van der Waals surface area contributed by atoms with Gasteiger partial charge < -0.3 is 14.5 Å². The van der Waals surface area contributed by atoms with Crippen LogP contribution in [0.4, 0.5) is 5.69 Å². The minimum atomic E-state index is -3.68. The van der Waals surface area contributed by atoms with E-state index < -0.39 is 10.0 Å². The van der Waals surface area contributed by atoms with Crippen molar-refractivity contribution >= 4 is 32.7 Å². The number of nitrogens with zero attached hydrogens (tertiary/aromatic N) is 5. The summed E-state index contributed by atoms with van der Waals surface area (Å²) < 4.78 is 32.7. The number of rotatable bonds is 5. The molecular weight excluding hydrogens is 446 g/mol. The van der Waals surface area contributed by atoms with E-state index >= 15 is 0 Å². The molecule has 2 aromatic carbocycles. The molecule has 3 heterocycles. The van der Waals surface area contributed by atoms with E-state index in [0.29, 0.717) is 37.3 Å². The van der Waals surface area contributed by atoms with Crippen molar-refractivity contribution in [2.75, 3.05) is 37.8 Å². The first-order valence-corrected chi connectivity index (χ1v) is 12.4. The van der Waals surface area contributed by atoms with Crippen molar-refractivity contribution in [3.8, 4) is 0 Å². The summed E-state index contributed by atoms with van der Waals surface area (Å²) in [5, 5.41) is 7.99. The summed E-state index contributed by atoms with van der Waals surface area (Å²) in [6.45, 7) is 3.10. The van der Waals surface area contributed by atoms with Gasteiger partial charge in [-0.3, -0.25) is 4.79 Å². The molecule has 0 bridgehead atoms. The topological polar surface area (TPSA) is 107 Å². The van der Waals surface area contributed by atoms with Crippen molar-refractivity contribution in [3.05, 3.63) is 48.0 Å². The van der Waals surface area contributed by atoms with Crippen LogP contribution in [0, 0.1) is 0 Å². The monoisotopic (exact) mass is 471 g/mol. The highest BCUT2D eigenvalue weighted by Gasteiger charge is 2.29. The van der Waals surface area contributed by atoms with E-state index in [0.717, 1.165) is 28.9 Å². The lowest BCUT2D eigenvalue weighted by atomic mass is 9.96. The van der Waals surface area contributed by atoms with Crippen molar-refractivity contribution in [2.45, 2.75) is 30.7 Å². The zero-order chi connectivity index (χ0) is 23.0. The van der Waals surface area contributed by atoms with Gasteiger partial charge in [-0.2, -0.15) is 4.31 Å². The molecule has 1 aromatic heterocycles. The van der Waals surface area contributed by atoms with Gasteiger partial charge in [-0.25, -0.2) is 8.42 Å². The molecule has 5 rings (SSSR count). The highest BCUT2D eigenvalue weighted by Crippen LogP contribution is 2.30. The first-order chi connectivity index (χ1) is 15.9. The van der Waals surface area contributed by atoms with Crippen LogP contribution < -0.4 is 9.74 Å². The second kappa shape index (κ2) is 8.73. The molecule has 174 valence electrons. The molecule has 0 spiro atoms. The molecule has 1 atom stereocenters. The third-order valence-corrected chi connectivity index (χ3v) is 7.99. The van der Waals surface area contributed by atoms with Gasteiger partial charge in [0.2, 0.25) is 10.0 Å².